The minimum Gasteiger partial charge on any atom is -0.394 e. The first-order chi connectivity index (χ1) is 28.7. The average Bonchev–Trinajstić information content (AvgIpc) is 3.23. The van der Waals surface area contributed by atoms with Crippen LogP contribution in [0.1, 0.15) is 309 Å². The zero-order valence-electron chi connectivity index (χ0n) is 39.8. The van der Waals surface area contributed by atoms with Gasteiger partial charge in [0.05, 0.1) is 18.8 Å². The van der Waals surface area contributed by atoms with E-state index in [1.165, 1.54) is 257 Å². The summed E-state index contributed by atoms with van der Waals surface area (Å²) in [5.74, 6) is -0.0308. The number of carbonyl (C=O) groups excluding carboxylic acids is 1. The fraction of sp³-hybridized carbons (Fsp3) is 0.944. The van der Waals surface area contributed by atoms with Crippen LogP contribution in [0.15, 0.2) is 12.2 Å². The minimum absolute atomic E-state index is 0.0308. The van der Waals surface area contributed by atoms with E-state index in [9.17, 15) is 15.0 Å². The van der Waals surface area contributed by atoms with E-state index in [0.29, 0.717) is 12.8 Å². The summed E-state index contributed by atoms with van der Waals surface area (Å²) in [6.07, 6.45) is 64.8. The maximum absolute atomic E-state index is 12.5. The molecule has 346 valence electrons. The molecule has 3 N–H and O–H groups in total. The predicted octanol–water partition coefficient (Wildman–Crippen LogP) is 17.4. The largest absolute Gasteiger partial charge is 0.394 e. The third kappa shape index (κ3) is 46.2. The van der Waals surface area contributed by atoms with Crippen molar-refractivity contribution in [2.24, 2.45) is 0 Å². The van der Waals surface area contributed by atoms with E-state index in [1.54, 1.807) is 0 Å². The van der Waals surface area contributed by atoms with E-state index in [0.717, 1.165) is 25.7 Å². The van der Waals surface area contributed by atoms with Gasteiger partial charge in [0, 0.05) is 6.42 Å². The lowest BCUT2D eigenvalue weighted by Crippen LogP contribution is -2.45. The van der Waals surface area contributed by atoms with Crippen molar-refractivity contribution in [2.75, 3.05) is 6.61 Å². The summed E-state index contributed by atoms with van der Waals surface area (Å²) in [6.45, 7) is 4.39. The molecule has 4 nitrogen and oxygen atoms in total. The van der Waals surface area contributed by atoms with E-state index < -0.39 is 12.1 Å². The summed E-state index contributed by atoms with van der Waals surface area (Å²) in [5.41, 5.74) is 0. The fourth-order valence-electron chi connectivity index (χ4n) is 8.65. The lowest BCUT2D eigenvalue weighted by atomic mass is 10.0. The molecule has 0 radical (unpaired) electrons. The number of nitrogens with one attached hydrogen (secondary N) is 1. The molecule has 0 fully saturated rings. The highest BCUT2D eigenvalue weighted by Gasteiger charge is 2.20. The van der Waals surface area contributed by atoms with Gasteiger partial charge in [-0.25, -0.2) is 0 Å². The average molecular weight is 818 g/mol. The molecular weight excluding hydrogens is 711 g/mol. The Bertz CT molecular complexity index is 799. The Morgan fingerprint density at radius 2 is 0.655 bits per heavy atom. The van der Waals surface area contributed by atoms with Crippen molar-refractivity contribution in [3.63, 3.8) is 0 Å². The van der Waals surface area contributed by atoms with Crippen molar-refractivity contribution in [1.29, 1.82) is 0 Å². The van der Waals surface area contributed by atoms with Gasteiger partial charge in [0.1, 0.15) is 0 Å². The van der Waals surface area contributed by atoms with E-state index in [-0.39, 0.29) is 12.5 Å². The van der Waals surface area contributed by atoms with Gasteiger partial charge in [0.15, 0.2) is 0 Å². The SMILES string of the molecule is CCCCCCCCC/C=C\CCCCCCCCCC(=O)NC(CO)C(O)CCCCCCCCCCCCCCCCCCCCCCCCCCCCCC. The molecule has 2 atom stereocenters. The summed E-state index contributed by atoms with van der Waals surface area (Å²) >= 11 is 0. The topological polar surface area (TPSA) is 69.6 Å². The number of aliphatic hydroxyl groups is 2. The Labute approximate surface area is 365 Å². The molecule has 0 aromatic heterocycles. The van der Waals surface area contributed by atoms with Crippen molar-refractivity contribution >= 4 is 5.91 Å². The molecule has 0 aliphatic carbocycles. The van der Waals surface area contributed by atoms with Crippen molar-refractivity contribution in [1.82, 2.24) is 5.32 Å². The van der Waals surface area contributed by atoms with Crippen LogP contribution >= 0.6 is 0 Å². The van der Waals surface area contributed by atoms with Crippen molar-refractivity contribution in [2.45, 2.75) is 321 Å². The molecule has 0 aromatic carbocycles. The third-order valence-corrected chi connectivity index (χ3v) is 12.8. The first-order valence-corrected chi connectivity index (χ1v) is 26.9. The van der Waals surface area contributed by atoms with Crippen LogP contribution in [0.4, 0.5) is 0 Å². The number of unbranched alkanes of at least 4 members (excludes halogenated alkanes) is 41. The highest BCUT2D eigenvalue weighted by Crippen LogP contribution is 2.18. The second kappa shape index (κ2) is 50.5. The van der Waals surface area contributed by atoms with Crippen LogP contribution in [0.2, 0.25) is 0 Å². The van der Waals surface area contributed by atoms with Crippen LogP contribution < -0.4 is 5.32 Å². The van der Waals surface area contributed by atoms with Crippen LogP contribution in [0, 0.1) is 0 Å². The van der Waals surface area contributed by atoms with Gasteiger partial charge < -0.3 is 15.5 Å². The molecule has 0 aliphatic heterocycles. The standard InChI is InChI=1S/C54H107NO3/c1-3-5-7-9-11-13-15-17-19-21-23-24-25-26-27-28-29-30-31-32-33-35-37-39-41-43-45-47-49-53(57)52(51-56)55-54(58)50-48-46-44-42-40-38-36-34-22-20-18-16-14-12-10-8-6-4-2/h20,22,52-53,56-57H,3-19,21,23-51H2,1-2H3,(H,55,58)/b22-20-. The Kier molecular flexibility index (Phi) is 49.7. The highest BCUT2D eigenvalue weighted by molar-refractivity contribution is 5.76. The molecule has 0 bridgehead atoms. The summed E-state index contributed by atoms with van der Waals surface area (Å²) in [4.78, 5) is 12.5. The molecule has 0 aliphatic rings. The van der Waals surface area contributed by atoms with Gasteiger partial charge in [-0.2, -0.15) is 0 Å². The monoisotopic (exact) mass is 818 g/mol. The zero-order valence-corrected chi connectivity index (χ0v) is 39.8. The Morgan fingerprint density at radius 3 is 0.948 bits per heavy atom. The lowest BCUT2D eigenvalue weighted by molar-refractivity contribution is -0.123. The third-order valence-electron chi connectivity index (χ3n) is 12.8. The van der Waals surface area contributed by atoms with Gasteiger partial charge >= 0.3 is 0 Å². The lowest BCUT2D eigenvalue weighted by Gasteiger charge is -2.22. The van der Waals surface area contributed by atoms with Gasteiger partial charge in [-0.15, -0.1) is 0 Å². The van der Waals surface area contributed by atoms with E-state index in [1.807, 2.05) is 0 Å². The van der Waals surface area contributed by atoms with Crippen LogP contribution in [0.3, 0.4) is 0 Å². The second-order valence-corrected chi connectivity index (χ2v) is 18.7. The Balaban J connectivity index is 3.42. The molecule has 1 amide bonds. The molecular formula is C54H107NO3. The highest BCUT2D eigenvalue weighted by atomic mass is 16.3. The van der Waals surface area contributed by atoms with Crippen LogP contribution in [0.5, 0.6) is 0 Å². The van der Waals surface area contributed by atoms with Crippen LogP contribution in [-0.4, -0.2) is 34.9 Å². The molecule has 0 spiro atoms. The molecule has 0 rings (SSSR count). The van der Waals surface area contributed by atoms with Crippen molar-refractivity contribution in [3.05, 3.63) is 12.2 Å². The molecule has 4 heteroatoms. The smallest absolute Gasteiger partial charge is 0.220 e. The quantitative estimate of drug-likeness (QED) is 0.0423. The summed E-state index contributed by atoms with van der Waals surface area (Å²) in [5, 5.41) is 23.3. The number of hydrogen-bond donors (Lipinski definition) is 3. The first kappa shape index (κ1) is 57.1. The number of amides is 1. The van der Waals surface area contributed by atoms with E-state index in [2.05, 4.69) is 31.3 Å². The molecule has 2 unspecified atom stereocenters. The number of aliphatic hydroxyl groups excluding tert-OH is 2. The molecule has 0 heterocycles. The minimum atomic E-state index is -0.659. The molecule has 0 saturated carbocycles. The molecule has 0 saturated heterocycles. The number of rotatable bonds is 50. The number of carbonyl (C=O) groups is 1. The summed E-state index contributed by atoms with van der Waals surface area (Å²) < 4.78 is 0. The molecule has 58 heavy (non-hydrogen) atoms. The number of hydrogen-bond acceptors (Lipinski definition) is 3. The molecule has 0 aromatic rings. The predicted molar refractivity (Wildman–Crippen MR) is 258 cm³/mol. The second-order valence-electron chi connectivity index (χ2n) is 18.7. The van der Waals surface area contributed by atoms with Gasteiger partial charge in [0.25, 0.3) is 0 Å². The maximum Gasteiger partial charge on any atom is 0.220 e. The van der Waals surface area contributed by atoms with Crippen LogP contribution in [0.25, 0.3) is 0 Å². The van der Waals surface area contributed by atoms with Gasteiger partial charge in [-0.05, 0) is 38.5 Å². The first-order valence-electron chi connectivity index (χ1n) is 26.9. The fourth-order valence-corrected chi connectivity index (χ4v) is 8.65. The van der Waals surface area contributed by atoms with Crippen LogP contribution in [-0.2, 0) is 4.79 Å². The van der Waals surface area contributed by atoms with Gasteiger partial charge in [-0.3, -0.25) is 4.79 Å². The zero-order chi connectivity index (χ0) is 42.1. The van der Waals surface area contributed by atoms with Crippen molar-refractivity contribution < 1.29 is 15.0 Å². The summed E-state index contributed by atoms with van der Waals surface area (Å²) in [6, 6.07) is -0.536. The van der Waals surface area contributed by atoms with Crippen molar-refractivity contribution in [3.8, 4) is 0 Å². The summed E-state index contributed by atoms with van der Waals surface area (Å²) in [7, 11) is 0. The Hall–Kier alpha value is -0.870. The van der Waals surface area contributed by atoms with E-state index in [4.69, 9.17) is 0 Å². The Morgan fingerprint density at radius 1 is 0.397 bits per heavy atom. The normalized spacial score (nSPS) is 12.8. The van der Waals surface area contributed by atoms with Gasteiger partial charge in [-0.1, -0.05) is 276 Å². The van der Waals surface area contributed by atoms with E-state index >= 15 is 0 Å². The number of allylic oxidation sites excluding steroid dienone is 2. The van der Waals surface area contributed by atoms with Gasteiger partial charge in [0.2, 0.25) is 5.91 Å². The maximum atomic E-state index is 12.5.